The van der Waals surface area contributed by atoms with Crippen LogP contribution >= 0.6 is 0 Å². The Hall–Kier alpha value is -0.900. The molecule has 8 nitrogen and oxygen atoms in total. The van der Waals surface area contributed by atoms with Gasteiger partial charge in [0, 0.05) is 39.3 Å². The minimum absolute atomic E-state index is 0.0354. The van der Waals surface area contributed by atoms with Gasteiger partial charge in [-0.25, -0.2) is 8.42 Å². The second-order valence-electron chi connectivity index (χ2n) is 6.05. The smallest absolute Gasteiger partial charge is 0.216 e. The van der Waals surface area contributed by atoms with Crippen LogP contribution in [0.15, 0.2) is 4.99 Å². The van der Waals surface area contributed by atoms with Gasteiger partial charge in [-0.1, -0.05) is 0 Å². The molecule has 0 atom stereocenters. The lowest BCUT2D eigenvalue weighted by atomic mass is 10.4. The summed E-state index contributed by atoms with van der Waals surface area (Å²) in [5, 5.41) is 3.26. The molecule has 0 unspecified atom stereocenters. The first-order valence-corrected chi connectivity index (χ1v) is 10.7. The molecule has 1 fully saturated rings. The molecule has 1 N–H and O–H groups in total. The largest absolute Gasteiger partial charge is 0.380 e. The Kier molecular flexibility index (Phi) is 10.3. The van der Waals surface area contributed by atoms with Crippen molar-refractivity contribution in [2.75, 3.05) is 64.8 Å². The van der Waals surface area contributed by atoms with Gasteiger partial charge in [-0.05, 0) is 27.7 Å². The van der Waals surface area contributed by atoms with E-state index in [0.29, 0.717) is 45.9 Å². The first-order valence-electron chi connectivity index (χ1n) is 9.11. The molecule has 0 saturated carbocycles. The number of nitrogens with zero attached hydrogens (tertiary/aromatic N) is 3. The van der Waals surface area contributed by atoms with Gasteiger partial charge in [0.15, 0.2) is 5.96 Å². The Morgan fingerprint density at radius 2 is 1.84 bits per heavy atom. The fourth-order valence-electron chi connectivity index (χ4n) is 2.48. The summed E-state index contributed by atoms with van der Waals surface area (Å²) in [7, 11) is -3.26. The molecule has 1 aliphatic rings. The molecule has 0 spiro atoms. The lowest BCUT2D eigenvalue weighted by Crippen LogP contribution is -2.54. The topological polar surface area (TPSA) is 83.5 Å². The van der Waals surface area contributed by atoms with Gasteiger partial charge in [-0.15, -0.1) is 0 Å². The van der Waals surface area contributed by atoms with Crippen molar-refractivity contribution in [3.05, 3.63) is 0 Å². The highest BCUT2D eigenvalue weighted by molar-refractivity contribution is 7.89. The number of rotatable bonds is 10. The van der Waals surface area contributed by atoms with Gasteiger partial charge < -0.3 is 19.7 Å². The van der Waals surface area contributed by atoms with Gasteiger partial charge in [0.05, 0.1) is 31.6 Å². The summed E-state index contributed by atoms with van der Waals surface area (Å²) in [5.74, 6) is 0.857. The minimum Gasteiger partial charge on any atom is -0.380 e. The predicted octanol–water partition coefficient (Wildman–Crippen LogP) is 0.361. The molecule has 0 aromatic heterocycles. The maximum atomic E-state index is 12.4. The van der Waals surface area contributed by atoms with Gasteiger partial charge in [0.2, 0.25) is 10.0 Å². The fourth-order valence-corrected chi connectivity index (χ4v) is 3.77. The van der Waals surface area contributed by atoms with Gasteiger partial charge in [-0.2, -0.15) is 4.31 Å². The molecule has 0 aliphatic carbocycles. The van der Waals surface area contributed by atoms with Crippen LogP contribution in [-0.4, -0.2) is 94.5 Å². The molecule has 0 aromatic carbocycles. The number of guanidine groups is 1. The Morgan fingerprint density at radius 1 is 1.16 bits per heavy atom. The summed E-state index contributed by atoms with van der Waals surface area (Å²) in [4.78, 5) is 6.65. The molecule has 1 heterocycles. The summed E-state index contributed by atoms with van der Waals surface area (Å²) >= 11 is 0. The van der Waals surface area contributed by atoms with Crippen LogP contribution in [0.4, 0.5) is 0 Å². The molecule has 148 valence electrons. The molecule has 0 radical (unpaired) electrons. The molecule has 0 aromatic rings. The van der Waals surface area contributed by atoms with Crippen molar-refractivity contribution in [3.63, 3.8) is 0 Å². The molecule has 1 aliphatic heterocycles. The summed E-state index contributed by atoms with van der Waals surface area (Å²) in [6.45, 7) is 12.9. The predicted molar refractivity (Wildman–Crippen MR) is 100 cm³/mol. The van der Waals surface area contributed by atoms with E-state index in [-0.39, 0.29) is 18.5 Å². The highest BCUT2D eigenvalue weighted by Gasteiger charge is 2.27. The van der Waals surface area contributed by atoms with Crippen LogP contribution in [-0.2, 0) is 19.5 Å². The zero-order chi connectivity index (χ0) is 18.7. The summed E-state index contributed by atoms with van der Waals surface area (Å²) < 4.78 is 37.0. The molecule has 0 amide bonds. The third-order valence-corrected chi connectivity index (χ3v) is 5.59. The van der Waals surface area contributed by atoms with Crippen LogP contribution in [0.25, 0.3) is 0 Å². The van der Waals surface area contributed by atoms with E-state index in [4.69, 9.17) is 9.47 Å². The van der Waals surface area contributed by atoms with Gasteiger partial charge >= 0.3 is 0 Å². The number of ether oxygens (including phenoxy) is 2. The zero-order valence-electron chi connectivity index (χ0n) is 16.0. The lowest BCUT2D eigenvalue weighted by Gasteiger charge is -2.35. The monoisotopic (exact) mass is 378 g/mol. The van der Waals surface area contributed by atoms with Gasteiger partial charge in [-0.3, -0.25) is 4.99 Å². The third kappa shape index (κ3) is 8.35. The van der Waals surface area contributed by atoms with Crippen molar-refractivity contribution in [3.8, 4) is 0 Å². The first kappa shape index (κ1) is 22.1. The van der Waals surface area contributed by atoms with Crippen molar-refractivity contribution in [1.82, 2.24) is 14.5 Å². The normalized spacial score (nSPS) is 17.3. The highest BCUT2D eigenvalue weighted by Crippen LogP contribution is 2.09. The molecular weight excluding hydrogens is 344 g/mol. The van der Waals surface area contributed by atoms with Crippen LogP contribution in [0.5, 0.6) is 0 Å². The number of piperazine rings is 1. The Bertz CT molecular complexity index is 488. The van der Waals surface area contributed by atoms with Gasteiger partial charge in [0.25, 0.3) is 0 Å². The summed E-state index contributed by atoms with van der Waals surface area (Å²) in [6, 6.07) is 0. The van der Waals surface area contributed by atoms with Crippen LogP contribution in [0, 0.1) is 0 Å². The maximum absolute atomic E-state index is 12.4. The average Bonchev–Trinajstić information content (AvgIpc) is 2.57. The lowest BCUT2D eigenvalue weighted by molar-refractivity contribution is 0.0904. The van der Waals surface area contributed by atoms with Crippen LogP contribution in [0.3, 0.4) is 0 Å². The Morgan fingerprint density at radius 3 is 2.40 bits per heavy atom. The van der Waals surface area contributed by atoms with E-state index >= 15 is 0 Å². The van der Waals surface area contributed by atoms with E-state index in [1.807, 2.05) is 27.7 Å². The van der Waals surface area contributed by atoms with Crippen molar-refractivity contribution in [2.45, 2.75) is 33.8 Å². The number of hydrogen-bond acceptors (Lipinski definition) is 5. The molecular formula is C16H34N4O4S. The zero-order valence-corrected chi connectivity index (χ0v) is 16.8. The fraction of sp³-hybridized carbons (Fsp3) is 0.938. The second-order valence-corrected chi connectivity index (χ2v) is 8.14. The van der Waals surface area contributed by atoms with Crippen LogP contribution in [0.1, 0.15) is 27.7 Å². The average molecular weight is 379 g/mol. The van der Waals surface area contributed by atoms with E-state index in [0.717, 1.165) is 12.5 Å². The van der Waals surface area contributed by atoms with E-state index in [9.17, 15) is 8.42 Å². The molecule has 25 heavy (non-hydrogen) atoms. The van der Waals surface area contributed by atoms with Crippen LogP contribution in [0.2, 0.25) is 0 Å². The van der Waals surface area contributed by atoms with Crippen molar-refractivity contribution in [1.29, 1.82) is 0 Å². The highest BCUT2D eigenvalue weighted by atomic mass is 32.2. The van der Waals surface area contributed by atoms with Gasteiger partial charge in [0.1, 0.15) is 0 Å². The standard InChI is InChI=1S/C16H34N4O4S/c1-5-17-16(18-7-12-23-6-2)19-8-10-20(11-9-19)25(21,22)14-13-24-15(3)4/h15H,5-14H2,1-4H3,(H,17,18). The SMILES string of the molecule is CCNC(=NCCOCC)N1CCN(S(=O)(=O)CCOC(C)C)CC1. The Labute approximate surface area is 152 Å². The Balaban J connectivity index is 2.51. The molecule has 1 saturated heterocycles. The number of sulfonamides is 1. The second kappa shape index (κ2) is 11.7. The quantitative estimate of drug-likeness (QED) is 0.336. The first-order chi connectivity index (χ1) is 11.9. The van der Waals surface area contributed by atoms with E-state index < -0.39 is 10.0 Å². The van der Waals surface area contributed by atoms with E-state index in [1.54, 1.807) is 4.31 Å². The van der Waals surface area contributed by atoms with E-state index in [2.05, 4.69) is 15.2 Å². The summed E-state index contributed by atoms with van der Waals surface area (Å²) in [5.41, 5.74) is 0. The third-order valence-electron chi connectivity index (χ3n) is 3.76. The van der Waals surface area contributed by atoms with Crippen molar-refractivity contribution < 1.29 is 17.9 Å². The summed E-state index contributed by atoms with van der Waals surface area (Å²) in [6.07, 6.45) is 0.0441. The molecule has 0 bridgehead atoms. The van der Waals surface area contributed by atoms with E-state index in [1.165, 1.54) is 0 Å². The van der Waals surface area contributed by atoms with Crippen LogP contribution < -0.4 is 5.32 Å². The molecule has 1 rings (SSSR count). The van der Waals surface area contributed by atoms with Crippen molar-refractivity contribution >= 4 is 16.0 Å². The molecule has 9 heteroatoms. The number of aliphatic imine (C=N–C) groups is 1. The maximum Gasteiger partial charge on any atom is 0.216 e. The minimum atomic E-state index is -3.26. The number of nitrogens with one attached hydrogen (secondary N) is 1. The van der Waals surface area contributed by atoms with Crippen molar-refractivity contribution in [2.24, 2.45) is 4.99 Å². The number of hydrogen-bond donors (Lipinski definition) is 1.